The molecule has 1 atom stereocenters. The van der Waals surface area contributed by atoms with Crippen molar-refractivity contribution in [3.8, 4) is 11.5 Å². The van der Waals surface area contributed by atoms with Gasteiger partial charge < -0.3 is 24.8 Å². The second kappa shape index (κ2) is 11.8. The number of carbonyl (C=O) groups is 4. The number of amides is 1. The monoisotopic (exact) mass is 554 g/mol. The van der Waals surface area contributed by atoms with E-state index in [-0.39, 0.29) is 27.1 Å². The van der Waals surface area contributed by atoms with Crippen molar-refractivity contribution in [3.05, 3.63) is 75.3 Å². The molecule has 2 aromatic carbocycles. The lowest BCUT2D eigenvalue weighted by atomic mass is 9.95. The number of esters is 1. The standard InChI is InChI=1S/C25H22N2O7S.C2H4O2/c1-12-11-15(7-10-17(12)33-3)20(29)18-19(14-5-8-16(28)9-6-14)27(23(31)21(18)30)25-26-13(2)22(35-25)24(32)34-4;1-2(3)4/h5-11,19,28-29H,1-4H3;1H3,(H,3,4)/b20-18-;. The zero-order valence-electron chi connectivity index (χ0n) is 21.7. The smallest absolute Gasteiger partial charge is 0.350 e. The lowest BCUT2D eigenvalue weighted by Crippen LogP contribution is -2.29. The van der Waals surface area contributed by atoms with E-state index in [9.17, 15) is 24.6 Å². The number of aryl methyl sites for hydroxylation is 2. The number of hydrogen-bond acceptors (Lipinski definition) is 10. The summed E-state index contributed by atoms with van der Waals surface area (Å²) in [7, 11) is 2.76. The summed E-state index contributed by atoms with van der Waals surface area (Å²) >= 11 is 0.911. The quantitative estimate of drug-likeness (QED) is 0.182. The van der Waals surface area contributed by atoms with Crippen molar-refractivity contribution in [3.63, 3.8) is 0 Å². The van der Waals surface area contributed by atoms with E-state index in [4.69, 9.17) is 19.4 Å². The van der Waals surface area contributed by atoms with Crippen LogP contribution >= 0.6 is 11.3 Å². The number of carboxylic acid groups (broad SMARTS) is 1. The van der Waals surface area contributed by atoms with Crippen LogP contribution in [0.15, 0.2) is 48.0 Å². The van der Waals surface area contributed by atoms with Gasteiger partial charge in [-0.05, 0) is 55.3 Å². The Kier molecular flexibility index (Phi) is 8.71. The van der Waals surface area contributed by atoms with Gasteiger partial charge in [-0.15, -0.1) is 0 Å². The highest BCUT2D eigenvalue weighted by atomic mass is 32.1. The van der Waals surface area contributed by atoms with Gasteiger partial charge in [-0.1, -0.05) is 23.5 Å². The molecule has 1 saturated heterocycles. The van der Waals surface area contributed by atoms with E-state index < -0.39 is 29.7 Å². The van der Waals surface area contributed by atoms with Crippen molar-refractivity contribution < 1.29 is 44.0 Å². The van der Waals surface area contributed by atoms with Gasteiger partial charge >= 0.3 is 11.9 Å². The van der Waals surface area contributed by atoms with Gasteiger partial charge in [0.05, 0.1) is 31.5 Å². The molecular weight excluding hydrogens is 528 g/mol. The third kappa shape index (κ3) is 5.91. The van der Waals surface area contributed by atoms with Crippen molar-refractivity contribution in [2.24, 2.45) is 0 Å². The van der Waals surface area contributed by atoms with Crippen LogP contribution in [0.3, 0.4) is 0 Å². The number of carbonyl (C=O) groups excluding carboxylic acids is 3. The number of carboxylic acids is 1. The van der Waals surface area contributed by atoms with E-state index in [0.717, 1.165) is 28.7 Å². The summed E-state index contributed by atoms with van der Waals surface area (Å²) in [6.07, 6.45) is 0. The number of aromatic hydroxyl groups is 1. The van der Waals surface area contributed by atoms with Crippen molar-refractivity contribution >= 4 is 45.9 Å². The Bertz CT molecular complexity index is 1470. The third-order valence-corrected chi connectivity index (χ3v) is 6.82. The van der Waals surface area contributed by atoms with Crippen LogP contribution in [0.2, 0.25) is 0 Å². The number of aliphatic hydroxyl groups is 1. The summed E-state index contributed by atoms with van der Waals surface area (Å²) < 4.78 is 10.1. The zero-order valence-corrected chi connectivity index (χ0v) is 22.5. The minimum absolute atomic E-state index is 0.00505. The molecule has 0 radical (unpaired) electrons. The van der Waals surface area contributed by atoms with E-state index >= 15 is 0 Å². The van der Waals surface area contributed by atoms with E-state index in [1.165, 1.54) is 26.4 Å². The van der Waals surface area contributed by atoms with Gasteiger partial charge in [-0.3, -0.25) is 19.3 Å². The molecule has 11 nitrogen and oxygen atoms in total. The number of anilines is 1. The van der Waals surface area contributed by atoms with Crippen LogP contribution in [0.4, 0.5) is 5.13 Å². The van der Waals surface area contributed by atoms with Crippen LogP contribution in [0.25, 0.3) is 5.76 Å². The number of ketones is 1. The van der Waals surface area contributed by atoms with Gasteiger partial charge in [0.25, 0.3) is 11.8 Å². The SMILES string of the molecule is CC(=O)O.COC(=O)c1sc(N2C(=O)C(=O)/C(=C(\O)c3ccc(OC)c(C)c3)C2c2ccc(O)cc2)nc1C. The fourth-order valence-electron chi connectivity index (χ4n) is 3.95. The number of hydrogen-bond donors (Lipinski definition) is 3. The number of phenols is 1. The van der Waals surface area contributed by atoms with Crippen LogP contribution in [0, 0.1) is 13.8 Å². The molecular formula is C27H26N2O9S. The summed E-state index contributed by atoms with van der Waals surface area (Å²) in [4.78, 5) is 53.3. The minimum Gasteiger partial charge on any atom is -0.508 e. The van der Waals surface area contributed by atoms with Gasteiger partial charge in [0.2, 0.25) is 0 Å². The molecule has 1 aliphatic rings. The minimum atomic E-state index is -1.05. The molecule has 1 aromatic heterocycles. The highest BCUT2D eigenvalue weighted by molar-refractivity contribution is 7.17. The van der Waals surface area contributed by atoms with E-state index in [0.29, 0.717) is 22.6 Å². The topological polar surface area (TPSA) is 164 Å². The van der Waals surface area contributed by atoms with Gasteiger partial charge in [0, 0.05) is 12.5 Å². The number of thiazole rings is 1. The normalized spacial score (nSPS) is 15.9. The summed E-state index contributed by atoms with van der Waals surface area (Å²) in [6.45, 7) is 4.47. The van der Waals surface area contributed by atoms with Gasteiger partial charge in [-0.25, -0.2) is 9.78 Å². The maximum absolute atomic E-state index is 13.2. The Balaban J connectivity index is 0.000000983. The number of Topliss-reactive ketones (excluding diaryl/α,β-unsaturated/α-hetero) is 1. The average Bonchev–Trinajstić information content (AvgIpc) is 3.39. The maximum atomic E-state index is 13.2. The molecule has 12 heteroatoms. The van der Waals surface area contributed by atoms with Crippen LogP contribution in [-0.4, -0.2) is 58.2 Å². The summed E-state index contributed by atoms with van der Waals surface area (Å²) in [5.74, 6) is -3.02. The Morgan fingerprint density at radius 3 is 2.18 bits per heavy atom. The molecule has 0 spiro atoms. The fraction of sp³-hybridized carbons (Fsp3) is 0.222. The summed E-state index contributed by atoms with van der Waals surface area (Å²) in [6, 6.07) is 9.78. The summed E-state index contributed by atoms with van der Waals surface area (Å²) in [5, 5.41) is 28.5. The summed E-state index contributed by atoms with van der Waals surface area (Å²) in [5.41, 5.74) is 1.72. The Labute approximate surface area is 227 Å². The Morgan fingerprint density at radius 2 is 1.64 bits per heavy atom. The number of ether oxygens (including phenoxy) is 2. The first-order chi connectivity index (χ1) is 18.4. The van der Waals surface area contributed by atoms with Gasteiger partial charge in [0.15, 0.2) is 5.13 Å². The predicted molar refractivity (Wildman–Crippen MR) is 142 cm³/mol. The van der Waals surface area contributed by atoms with Crippen molar-refractivity contribution in [2.75, 3.05) is 19.1 Å². The van der Waals surface area contributed by atoms with Gasteiger partial charge in [0.1, 0.15) is 22.1 Å². The molecule has 4 rings (SSSR count). The number of aliphatic carboxylic acids is 1. The molecule has 2 heterocycles. The zero-order chi connectivity index (χ0) is 29.0. The number of aromatic nitrogens is 1. The third-order valence-electron chi connectivity index (χ3n) is 5.68. The van der Waals surface area contributed by atoms with E-state index in [2.05, 4.69) is 4.98 Å². The molecule has 1 amide bonds. The van der Waals surface area contributed by atoms with Crippen molar-refractivity contribution in [1.29, 1.82) is 0 Å². The highest BCUT2D eigenvalue weighted by Crippen LogP contribution is 2.44. The molecule has 3 aromatic rings. The Hall–Kier alpha value is -4.71. The van der Waals surface area contributed by atoms with E-state index in [1.807, 2.05) is 0 Å². The first kappa shape index (κ1) is 28.9. The number of aliphatic hydroxyl groups excluding tert-OH is 1. The lowest BCUT2D eigenvalue weighted by Gasteiger charge is -2.23. The molecule has 1 unspecified atom stereocenters. The van der Waals surface area contributed by atoms with Crippen molar-refractivity contribution in [2.45, 2.75) is 26.8 Å². The number of nitrogens with zero attached hydrogens (tertiary/aromatic N) is 2. The molecule has 1 aliphatic heterocycles. The molecule has 0 bridgehead atoms. The van der Waals surface area contributed by atoms with Crippen LogP contribution < -0.4 is 9.64 Å². The number of benzene rings is 2. The van der Waals surface area contributed by atoms with Crippen LogP contribution in [0.1, 0.15) is 45.0 Å². The highest BCUT2D eigenvalue weighted by Gasteiger charge is 2.48. The molecule has 3 N–H and O–H groups in total. The molecule has 0 aliphatic carbocycles. The molecule has 1 fully saturated rings. The number of methoxy groups -OCH3 is 2. The second-order valence-electron chi connectivity index (χ2n) is 8.37. The number of phenolic OH excluding ortho intramolecular Hbond substituents is 1. The largest absolute Gasteiger partial charge is 0.508 e. The lowest BCUT2D eigenvalue weighted by molar-refractivity contribution is -0.134. The predicted octanol–water partition coefficient (Wildman–Crippen LogP) is 3.98. The van der Waals surface area contributed by atoms with Crippen molar-refractivity contribution in [1.82, 2.24) is 4.98 Å². The number of rotatable bonds is 5. The first-order valence-electron chi connectivity index (χ1n) is 11.4. The average molecular weight is 555 g/mol. The Morgan fingerprint density at radius 1 is 1.03 bits per heavy atom. The van der Waals surface area contributed by atoms with Crippen LogP contribution in [0.5, 0.6) is 11.5 Å². The fourth-order valence-corrected chi connectivity index (χ4v) is 4.96. The second-order valence-corrected chi connectivity index (χ2v) is 9.34. The molecule has 39 heavy (non-hydrogen) atoms. The van der Waals surface area contributed by atoms with Crippen LogP contribution in [-0.2, 0) is 19.1 Å². The van der Waals surface area contributed by atoms with Gasteiger partial charge in [-0.2, -0.15) is 0 Å². The first-order valence-corrected chi connectivity index (χ1v) is 12.2. The maximum Gasteiger partial charge on any atom is 0.350 e. The molecule has 0 saturated carbocycles. The molecule has 204 valence electrons. The van der Waals surface area contributed by atoms with E-state index in [1.54, 1.807) is 44.2 Å².